The lowest BCUT2D eigenvalue weighted by Gasteiger charge is -2.16. The van der Waals surface area contributed by atoms with Crippen molar-refractivity contribution in [3.8, 4) is 0 Å². The van der Waals surface area contributed by atoms with Gasteiger partial charge < -0.3 is 22.7 Å². The maximum absolute atomic E-state index is 13.8. The number of rotatable bonds is 53. The third-order valence-electron chi connectivity index (χ3n) is 15.7. The van der Waals surface area contributed by atoms with Crippen LogP contribution in [0.4, 0.5) is 0 Å². The summed E-state index contributed by atoms with van der Waals surface area (Å²) in [7, 11) is 0. The molecule has 14 heteroatoms. The molecule has 0 saturated carbocycles. The number of hydrogen-bond donors (Lipinski definition) is 0. The van der Waals surface area contributed by atoms with Gasteiger partial charge in [-0.05, 0) is 38.5 Å². The molecule has 2 rings (SSSR count). The summed E-state index contributed by atoms with van der Waals surface area (Å²) < 4.78 is 32.7. The van der Waals surface area contributed by atoms with Gasteiger partial charge >= 0.3 is 30.3 Å². The minimum atomic E-state index is -3.65. The van der Waals surface area contributed by atoms with Crippen molar-refractivity contribution in [2.75, 3.05) is 0 Å². The molecule has 0 N–H and O–H groups in total. The number of allylic oxidation sites excluding steroid dienone is 3. The lowest BCUT2D eigenvalue weighted by atomic mass is 10.0. The number of hydrogen-bond acceptors (Lipinski definition) is 12. The lowest BCUT2D eigenvalue weighted by molar-refractivity contribution is -0.152. The van der Waals surface area contributed by atoms with Gasteiger partial charge in [-0.15, -0.1) is 0 Å². The molecule has 2 heterocycles. The van der Waals surface area contributed by atoms with E-state index in [1.807, 2.05) is 18.2 Å². The Morgan fingerprint density at radius 2 is 0.675 bits per heavy atom. The van der Waals surface area contributed by atoms with Crippen LogP contribution >= 0.6 is 0 Å². The van der Waals surface area contributed by atoms with Crippen molar-refractivity contribution in [3.63, 3.8) is 0 Å². The standard InChI is InChI=1S/3C22H40O4.2Al/c3*1-2-3-4-5-6-7-8-9-10-11-12-13-14-15-16-17-18-20(22(25)26)19-21(23)24;;/h3*17-18,20H,2-16,19H2,1H3,(H,23,24)(H,25,26);;/q;;;2*+3/p-6. The number of unbranched alkanes of at least 4 members (excludes halogenated alkanes) is 42. The van der Waals surface area contributed by atoms with Crippen LogP contribution in [0.5, 0.6) is 0 Å². The Labute approximate surface area is 498 Å². The molecule has 80 heavy (non-hydrogen) atoms. The SMILES string of the molecule is CCCCCCCCCCCCCCCCC=CC1CC(=O)[O][Al]([O]C(=O)CC(C=CCCCCCCCCCCCCCCCC)C(=O)[O][Al]2[O]C(=O)CC(C=CCCCCCCCCCCCCCCCC)C(=O)[O]2)[O]C1=O. The van der Waals surface area contributed by atoms with Crippen molar-refractivity contribution in [3.05, 3.63) is 36.5 Å². The smallest absolute Gasteiger partial charge is 0.551 e. The highest BCUT2D eigenvalue weighted by Gasteiger charge is 2.54. The molecular formula is C66H114Al2O12. The first-order chi connectivity index (χ1) is 39.2. The summed E-state index contributed by atoms with van der Waals surface area (Å²) in [5.74, 6) is -7.60. The Hall–Kier alpha value is -2.90. The van der Waals surface area contributed by atoms with E-state index in [0.717, 1.165) is 57.8 Å². The molecule has 0 aromatic carbocycles. The second-order valence-electron chi connectivity index (χ2n) is 23.2. The number of carbonyl (C=O) groups is 6. The summed E-state index contributed by atoms with van der Waals surface area (Å²) in [6.45, 7) is 6.76. The van der Waals surface area contributed by atoms with E-state index in [4.69, 9.17) is 22.7 Å². The summed E-state index contributed by atoms with van der Waals surface area (Å²) in [4.78, 5) is 79.2. The van der Waals surface area contributed by atoms with Crippen molar-refractivity contribution in [1.29, 1.82) is 0 Å². The van der Waals surface area contributed by atoms with E-state index in [9.17, 15) is 28.8 Å². The van der Waals surface area contributed by atoms with Gasteiger partial charge in [0.15, 0.2) is 0 Å². The molecule has 0 spiro atoms. The van der Waals surface area contributed by atoms with E-state index in [1.54, 1.807) is 18.2 Å². The fourth-order valence-corrected chi connectivity index (χ4v) is 12.9. The third-order valence-corrected chi connectivity index (χ3v) is 18.3. The second-order valence-corrected chi connectivity index (χ2v) is 25.8. The highest BCUT2D eigenvalue weighted by Crippen LogP contribution is 2.23. The minimum Gasteiger partial charge on any atom is -0.551 e. The van der Waals surface area contributed by atoms with Crippen molar-refractivity contribution in [2.24, 2.45) is 17.8 Å². The van der Waals surface area contributed by atoms with E-state index in [-0.39, 0.29) is 12.8 Å². The van der Waals surface area contributed by atoms with Gasteiger partial charge in [-0.25, -0.2) is 0 Å². The van der Waals surface area contributed by atoms with Gasteiger partial charge in [-0.3, -0.25) is 28.8 Å². The molecule has 2 saturated heterocycles. The molecule has 2 aliphatic heterocycles. The number of carbonyl (C=O) groups excluding carboxylic acids is 6. The Kier molecular flexibility index (Phi) is 48.4. The van der Waals surface area contributed by atoms with Crippen molar-refractivity contribution >= 4 is 66.1 Å². The third kappa shape index (κ3) is 42.0. The maximum atomic E-state index is 13.8. The molecule has 0 aliphatic carbocycles. The predicted octanol–water partition coefficient (Wildman–Crippen LogP) is 18.5. The Balaban J connectivity index is 1.85. The van der Waals surface area contributed by atoms with E-state index >= 15 is 0 Å². The van der Waals surface area contributed by atoms with Crippen LogP contribution in [0.2, 0.25) is 0 Å². The zero-order valence-electron chi connectivity index (χ0n) is 51.2. The predicted molar refractivity (Wildman–Crippen MR) is 325 cm³/mol. The molecule has 0 aromatic rings. The van der Waals surface area contributed by atoms with Gasteiger partial charge in [0.05, 0.1) is 37.0 Å². The summed E-state index contributed by atoms with van der Waals surface area (Å²) in [6.07, 6.45) is 64.7. The van der Waals surface area contributed by atoms with E-state index < -0.39 is 90.3 Å². The molecule has 0 radical (unpaired) electrons. The van der Waals surface area contributed by atoms with Crippen LogP contribution in [0, 0.1) is 17.8 Å². The second kappa shape index (κ2) is 52.9. The van der Waals surface area contributed by atoms with Crippen molar-refractivity contribution < 1.29 is 51.5 Å². The minimum absolute atomic E-state index is 0.230. The maximum Gasteiger partial charge on any atom is 1.20 e. The molecule has 3 unspecified atom stereocenters. The molecule has 456 valence electrons. The topological polar surface area (TPSA) is 158 Å². The lowest BCUT2D eigenvalue weighted by Crippen LogP contribution is -2.36. The van der Waals surface area contributed by atoms with Gasteiger partial charge in [0.25, 0.3) is 35.8 Å². The first kappa shape index (κ1) is 73.2. The van der Waals surface area contributed by atoms with Crippen molar-refractivity contribution in [2.45, 2.75) is 329 Å². The van der Waals surface area contributed by atoms with Crippen LogP contribution in [-0.2, 0) is 51.5 Å². The van der Waals surface area contributed by atoms with Crippen LogP contribution in [0.3, 0.4) is 0 Å². The molecule has 2 fully saturated rings. The van der Waals surface area contributed by atoms with Gasteiger partial charge in [0.2, 0.25) is 0 Å². The van der Waals surface area contributed by atoms with E-state index in [0.29, 0.717) is 6.42 Å². The first-order valence-corrected chi connectivity index (χ1v) is 36.2. The Morgan fingerprint density at radius 3 is 0.988 bits per heavy atom. The molecule has 0 bridgehead atoms. The van der Waals surface area contributed by atoms with Gasteiger partial charge in [0.1, 0.15) is 0 Å². The summed E-state index contributed by atoms with van der Waals surface area (Å²) in [5, 5.41) is 0. The monoisotopic (exact) mass is 1150 g/mol. The average molecular weight is 1150 g/mol. The zero-order valence-corrected chi connectivity index (χ0v) is 53.5. The van der Waals surface area contributed by atoms with E-state index in [2.05, 4.69) is 20.8 Å². The largest absolute Gasteiger partial charge is 1.20 e. The van der Waals surface area contributed by atoms with Crippen LogP contribution < -0.4 is 0 Å². The molecule has 12 nitrogen and oxygen atoms in total. The molecule has 2 aliphatic rings. The fraction of sp³-hybridized carbons (Fsp3) is 0.818. The average Bonchev–Trinajstić information content (AvgIpc) is 3.66. The highest BCUT2D eigenvalue weighted by molar-refractivity contribution is 6.45. The fourth-order valence-electron chi connectivity index (χ4n) is 10.5. The van der Waals surface area contributed by atoms with Gasteiger partial charge in [0, 0.05) is 0 Å². The van der Waals surface area contributed by atoms with Crippen LogP contribution in [0.25, 0.3) is 0 Å². The molecule has 0 aromatic heterocycles. The summed E-state index contributed by atoms with van der Waals surface area (Å²) >= 11 is -7.26. The molecule has 0 amide bonds. The van der Waals surface area contributed by atoms with Crippen LogP contribution in [0.1, 0.15) is 329 Å². The molecule has 3 atom stereocenters. The first-order valence-electron chi connectivity index (χ1n) is 33.4. The Morgan fingerprint density at radius 1 is 0.400 bits per heavy atom. The normalized spacial score (nSPS) is 16.5. The van der Waals surface area contributed by atoms with Crippen LogP contribution in [0.15, 0.2) is 36.5 Å². The zero-order chi connectivity index (χ0) is 57.8. The highest BCUT2D eigenvalue weighted by atomic mass is 27.3. The summed E-state index contributed by atoms with van der Waals surface area (Å²) in [5.41, 5.74) is 0. The van der Waals surface area contributed by atoms with Gasteiger partial charge in [-0.1, -0.05) is 308 Å². The summed E-state index contributed by atoms with van der Waals surface area (Å²) in [6, 6.07) is 0. The Bertz CT molecular complexity index is 1680. The van der Waals surface area contributed by atoms with E-state index in [1.165, 1.54) is 225 Å². The van der Waals surface area contributed by atoms with Gasteiger partial charge in [-0.2, -0.15) is 0 Å². The quantitative estimate of drug-likeness (QED) is 0.0323. The van der Waals surface area contributed by atoms with Crippen LogP contribution in [-0.4, -0.2) is 66.1 Å². The molecular weight excluding hydrogens is 1040 g/mol. The van der Waals surface area contributed by atoms with Crippen molar-refractivity contribution in [1.82, 2.24) is 0 Å².